The largest absolute Gasteiger partial charge is 0.394 e. The second kappa shape index (κ2) is 49.4. The number of ether oxygens (including phenoxy) is 2. The normalized spacial score (nSPS) is 20.2. The predicted octanol–water partition coefficient (Wildman–Crippen LogP) is 13.8. The molecule has 7 unspecified atom stereocenters. The fourth-order valence-corrected chi connectivity index (χ4v) is 8.15. The topological polar surface area (TPSA) is 149 Å². The number of hydrogen-bond acceptors (Lipinski definition) is 8. The molecule has 7 atom stereocenters. The molecule has 0 aliphatic carbocycles. The van der Waals surface area contributed by atoms with Crippen LogP contribution >= 0.6 is 0 Å². The second-order valence-corrected chi connectivity index (χ2v) is 19.0. The number of hydrogen-bond donors (Lipinski definition) is 6. The van der Waals surface area contributed by atoms with Crippen molar-refractivity contribution in [2.24, 2.45) is 0 Å². The molecule has 400 valence electrons. The molecule has 9 heteroatoms. The van der Waals surface area contributed by atoms with Crippen molar-refractivity contribution in [1.29, 1.82) is 0 Å². The van der Waals surface area contributed by atoms with Gasteiger partial charge in [0.15, 0.2) is 6.29 Å². The summed E-state index contributed by atoms with van der Waals surface area (Å²) >= 11 is 0. The van der Waals surface area contributed by atoms with Gasteiger partial charge in [-0.05, 0) is 89.9 Å². The van der Waals surface area contributed by atoms with Gasteiger partial charge in [0, 0.05) is 6.42 Å². The smallest absolute Gasteiger partial charge is 0.220 e. The van der Waals surface area contributed by atoms with Gasteiger partial charge in [0.2, 0.25) is 5.91 Å². The van der Waals surface area contributed by atoms with Crippen LogP contribution in [0.4, 0.5) is 0 Å². The van der Waals surface area contributed by atoms with Crippen molar-refractivity contribution in [1.82, 2.24) is 5.32 Å². The van der Waals surface area contributed by atoms with Gasteiger partial charge in [-0.1, -0.05) is 226 Å². The fraction of sp³-hybridized carbons (Fsp3) is 0.689. The third-order valence-electron chi connectivity index (χ3n) is 12.6. The van der Waals surface area contributed by atoms with Crippen molar-refractivity contribution in [3.63, 3.8) is 0 Å². The lowest BCUT2D eigenvalue weighted by Crippen LogP contribution is -2.60. The summed E-state index contributed by atoms with van der Waals surface area (Å²) < 4.78 is 11.2. The second-order valence-electron chi connectivity index (χ2n) is 19.0. The highest BCUT2D eigenvalue weighted by Crippen LogP contribution is 2.23. The predicted molar refractivity (Wildman–Crippen MR) is 294 cm³/mol. The highest BCUT2D eigenvalue weighted by Gasteiger charge is 2.44. The van der Waals surface area contributed by atoms with Crippen LogP contribution in [-0.2, 0) is 14.3 Å². The third-order valence-corrected chi connectivity index (χ3v) is 12.6. The zero-order valence-electron chi connectivity index (χ0n) is 44.2. The molecule has 70 heavy (non-hydrogen) atoms. The number of aliphatic hydroxyl groups excluding tert-OH is 5. The van der Waals surface area contributed by atoms with Crippen LogP contribution in [0.15, 0.2) is 109 Å². The van der Waals surface area contributed by atoms with Gasteiger partial charge in [-0.2, -0.15) is 0 Å². The summed E-state index contributed by atoms with van der Waals surface area (Å²) in [4.78, 5) is 13.0. The van der Waals surface area contributed by atoms with E-state index in [-0.39, 0.29) is 12.5 Å². The van der Waals surface area contributed by atoms with Crippen LogP contribution in [0.25, 0.3) is 0 Å². The van der Waals surface area contributed by atoms with Crippen molar-refractivity contribution in [2.75, 3.05) is 13.2 Å². The van der Waals surface area contributed by atoms with E-state index in [0.29, 0.717) is 6.42 Å². The maximum atomic E-state index is 13.0. The molecule has 0 aromatic heterocycles. The molecule has 9 nitrogen and oxygen atoms in total. The van der Waals surface area contributed by atoms with Crippen molar-refractivity contribution in [2.45, 2.75) is 256 Å². The minimum Gasteiger partial charge on any atom is -0.394 e. The molecule has 1 rings (SSSR count). The molecular weight excluding hydrogens is 875 g/mol. The molecule has 1 aliphatic rings. The zero-order chi connectivity index (χ0) is 50.8. The number of nitrogens with one attached hydrogen (secondary N) is 1. The SMILES string of the molecule is CC/C=C\C/C=C\C/C=C\C/C=C\C/C=C\C/C=C\C/C=C\CCCCCCCCCCCC(=O)NC(COC1OC(CO)C(O)C(O)C1O)C(O)/C=C/CC/C=C/CCCCCCCCCCCC. The van der Waals surface area contributed by atoms with Crippen LogP contribution in [0.1, 0.15) is 213 Å². The van der Waals surface area contributed by atoms with E-state index in [1.165, 1.54) is 96.3 Å². The zero-order valence-corrected chi connectivity index (χ0v) is 44.2. The Morgan fingerprint density at radius 1 is 0.500 bits per heavy atom. The average molecular weight is 978 g/mol. The van der Waals surface area contributed by atoms with Gasteiger partial charge in [-0.25, -0.2) is 0 Å². The number of allylic oxidation sites excluding steroid dienone is 17. The molecule has 1 aliphatic heterocycles. The van der Waals surface area contributed by atoms with Crippen LogP contribution in [0.2, 0.25) is 0 Å². The molecule has 0 aromatic rings. The molecule has 0 bridgehead atoms. The van der Waals surface area contributed by atoms with E-state index >= 15 is 0 Å². The number of amides is 1. The maximum Gasteiger partial charge on any atom is 0.220 e. The molecule has 0 spiro atoms. The number of carbonyl (C=O) groups is 1. The van der Waals surface area contributed by atoms with Gasteiger partial charge in [-0.3, -0.25) is 4.79 Å². The van der Waals surface area contributed by atoms with Crippen LogP contribution in [0.5, 0.6) is 0 Å². The van der Waals surface area contributed by atoms with Gasteiger partial charge < -0.3 is 40.3 Å². The number of rotatable bonds is 46. The molecule has 1 heterocycles. The first-order chi connectivity index (χ1) is 34.3. The van der Waals surface area contributed by atoms with Crippen molar-refractivity contribution in [3.05, 3.63) is 109 Å². The lowest BCUT2D eigenvalue weighted by atomic mass is 9.99. The van der Waals surface area contributed by atoms with Crippen LogP contribution in [-0.4, -0.2) is 87.5 Å². The minimum atomic E-state index is -1.58. The third kappa shape index (κ3) is 38.5. The fourth-order valence-electron chi connectivity index (χ4n) is 8.15. The number of unbranched alkanes of at least 4 members (excludes halogenated alkanes) is 20. The average Bonchev–Trinajstić information content (AvgIpc) is 3.36. The van der Waals surface area contributed by atoms with E-state index < -0.39 is 49.5 Å². The van der Waals surface area contributed by atoms with Crippen LogP contribution in [0.3, 0.4) is 0 Å². The molecule has 0 saturated carbocycles. The van der Waals surface area contributed by atoms with E-state index in [9.17, 15) is 30.3 Å². The Balaban J connectivity index is 2.24. The van der Waals surface area contributed by atoms with Crippen molar-refractivity contribution >= 4 is 5.91 Å². The van der Waals surface area contributed by atoms with Crippen LogP contribution in [0, 0.1) is 0 Å². The van der Waals surface area contributed by atoms with E-state index in [1.807, 2.05) is 6.08 Å². The van der Waals surface area contributed by atoms with E-state index in [1.54, 1.807) is 6.08 Å². The summed E-state index contributed by atoms with van der Waals surface area (Å²) in [5.41, 5.74) is 0. The standard InChI is InChI=1S/C61H103NO8/c1-3-5-7-9-11-13-15-17-19-21-22-23-24-25-26-27-28-29-30-31-32-33-34-35-37-39-41-43-45-47-49-51-57(65)62-54(53-69-61-60(68)59(67)58(66)56(52-63)70-61)55(64)50-48-46-44-42-40-38-36-20-18-16-14-12-10-8-6-4-2/h5,7,11,13,17,19,22-23,25-26,28-29,31-32,40,42,48,50,54-56,58-61,63-64,66-68H,3-4,6,8-10,12,14-16,18,20-21,24,27,30,33-39,41,43-47,49,51-53H2,1-2H3,(H,62,65)/b7-5-,13-11-,19-17-,23-22-,26-25-,29-28-,32-31-,42-40+,50-48+. The molecule has 0 radical (unpaired) electrons. The molecular formula is C61H103NO8. The quantitative estimate of drug-likeness (QED) is 0.0261. The van der Waals surface area contributed by atoms with Crippen molar-refractivity contribution < 1.29 is 39.8 Å². The van der Waals surface area contributed by atoms with Crippen LogP contribution < -0.4 is 5.32 Å². The first-order valence-electron chi connectivity index (χ1n) is 28.1. The van der Waals surface area contributed by atoms with E-state index in [0.717, 1.165) is 96.3 Å². The van der Waals surface area contributed by atoms with Gasteiger partial charge in [-0.15, -0.1) is 0 Å². The van der Waals surface area contributed by atoms with E-state index in [4.69, 9.17) is 9.47 Å². The Morgan fingerprint density at radius 2 is 0.900 bits per heavy atom. The maximum absolute atomic E-state index is 13.0. The first kappa shape index (κ1) is 64.9. The Labute approximate surface area is 427 Å². The Hall–Kier alpha value is -3.15. The minimum absolute atomic E-state index is 0.198. The lowest BCUT2D eigenvalue weighted by molar-refractivity contribution is -0.302. The number of aliphatic hydroxyl groups is 5. The molecule has 1 saturated heterocycles. The van der Waals surface area contributed by atoms with Gasteiger partial charge in [0.05, 0.1) is 25.4 Å². The summed E-state index contributed by atoms with van der Waals surface area (Å²) in [5, 5.41) is 54.4. The summed E-state index contributed by atoms with van der Waals surface area (Å²) in [6.07, 6.45) is 65.7. The molecule has 1 amide bonds. The summed E-state index contributed by atoms with van der Waals surface area (Å²) in [6, 6.07) is -0.832. The summed E-state index contributed by atoms with van der Waals surface area (Å²) in [5.74, 6) is -0.198. The summed E-state index contributed by atoms with van der Waals surface area (Å²) in [6.45, 7) is 3.63. The Morgan fingerprint density at radius 3 is 1.37 bits per heavy atom. The monoisotopic (exact) mass is 978 g/mol. The number of carbonyl (C=O) groups excluding carboxylic acids is 1. The Bertz CT molecular complexity index is 1460. The van der Waals surface area contributed by atoms with Gasteiger partial charge >= 0.3 is 0 Å². The summed E-state index contributed by atoms with van der Waals surface area (Å²) in [7, 11) is 0. The molecule has 6 N–H and O–H groups in total. The molecule has 0 aromatic carbocycles. The Kier molecular flexibility index (Phi) is 45.8. The first-order valence-corrected chi connectivity index (χ1v) is 28.1. The van der Waals surface area contributed by atoms with Gasteiger partial charge in [0.25, 0.3) is 0 Å². The molecule has 1 fully saturated rings. The highest BCUT2D eigenvalue weighted by molar-refractivity contribution is 5.76. The van der Waals surface area contributed by atoms with Crippen molar-refractivity contribution in [3.8, 4) is 0 Å². The highest BCUT2D eigenvalue weighted by atomic mass is 16.7. The van der Waals surface area contributed by atoms with E-state index in [2.05, 4.69) is 116 Å². The lowest BCUT2D eigenvalue weighted by Gasteiger charge is -2.40. The van der Waals surface area contributed by atoms with Gasteiger partial charge in [0.1, 0.15) is 24.4 Å².